The number of aromatic hydroxyl groups is 1. The first-order chi connectivity index (χ1) is 13.2. The van der Waals surface area contributed by atoms with Crippen LogP contribution < -0.4 is 0 Å². The van der Waals surface area contributed by atoms with E-state index in [1.54, 1.807) is 6.20 Å². The number of thiophene rings is 1. The Bertz CT molecular complexity index is 1090. The van der Waals surface area contributed by atoms with Gasteiger partial charge in [-0.3, -0.25) is 4.21 Å². The maximum absolute atomic E-state index is 12.7. The van der Waals surface area contributed by atoms with Crippen molar-refractivity contribution in [3.05, 3.63) is 48.0 Å². The van der Waals surface area contributed by atoms with Gasteiger partial charge in [-0.15, -0.1) is 22.7 Å². The summed E-state index contributed by atoms with van der Waals surface area (Å²) in [5, 5.41) is 14.3. The summed E-state index contributed by atoms with van der Waals surface area (Å²) in [5.74, 6) is 0.651. The molecular formula is C20H18N2O2S3. The zero-order chi connectivity index (χ0) is 18.8. The summed E-state index contributed by atoms with van der Waals surface area (Å²) < 4.78 is 13.2. The van der Waals surface area contributed by atoms with E-state index in [2.05, 4.69) is 11.9 Å². The summed E-state index contributed by atoms with van der Waals surface area (Å²) in [4.78, 5) is 9.78. The summed E-state index contributed by atoms with van der Waals surface area (Å²) >= 11 is 2.84. The second-order valence-electron chi connectivity index (χ2n) is 6.08. The van der Waals surface area contributed by atoms with Crippen molar-refractivity contribution < 1.29 is 9.32 Å². The van der Waals surface area contributed by atoms with Gasteiger partial charge in [-0.1, -0.05) is 43.7 Å². The average Bonchev–Trinajstić information content (AvgIpc) is 3.35. The zero-order valence-electron chi connectivity index (χ0n) is 14.7. The normalized spacial score (nSPS) is 12.5. The third-order valence-electron chi connectivity index (χ3n) is 4.23. The van der Waals surface area contributed by atoms with Gasteiger partial charge in [-0.2, -0.15) is 0 Å². The highest BCUT2D eigenvalue weighted by Gasteiger charge is 2.22. The van der Waals surface area contributed by atoms with Gasteiger partial charge in [0.15, 0.2) is 5.75 Å². The molecule has 0 radical (unpaired) electrons. The Kier molecular flexibility index (Phi) is 5.33. The lowest BCUT2D eigenvalue weighted by Gasteiger charge is -2.07. The van der Waals surface area contributed by atoms with E-state index in [1.807, 2.05) is 41.8 Å². The number of fused-ring (bicyclic) bond motifs is 1. The fraction of sp³-hybridized carbons (Fsp3) is 0.200. The summed E-state index contributed by atoms with van der Waals surface area (Å²) in [6.07, 6.45) is 3.59. The van der Waals surface area contributed by atoms with Crippen molar-refractivity contribution in [2.45, 2.75) is 24.0 Å². The minimum atomic E-state index is -1.22. The molecule has 1 aromatic carbocycles. The zero-order valence-corrected chi connectivity index (χ0v) is 17.2. The van der Waals surface area contributed by atoms with Crippen molar-refractivity contribution in [2.75, 3.05) is 5.75 Å². The highest BCUT2D eigenvalue weighted by molar-refractivity contribution is 7.87. The Hall–Kier alpha value is -2.09. The monoisotopic (exact) mass is 414 g/mol. The van der Waals surface area contributed by atoms with Crippen LogP contribution in [0, 0.1) is 0 Å². The average molecular weight is 415 g/mol. The number of benzene rings is 1. The first-order valence-electron chi connectivity index (χ1n) is 8.69. The molecule has 138 valence electrons. The Labute approximate surface area is 168 Å². The second-order valence-corrected chi connectivity index (χ2v) is 9.74. The van der Waals surface area contributed by atoms with E-state index in [0.29, 0.717) is 20.2 Å². The number of hydrogen-bond acceptors (Lipinski definition) is 6. The molecule has 0 saturated carbocycles. The number of nitrogens with zero attached hydrogens (tertiary/aromatic N) is 2. The van der Waals surface area contributed by atoms with Gasteiger partial charge in [0.05, 0.1) is 16.2 Å². The number of rotatable bonds is 6. The van der Waals surface area contributed by atoms with Crippen molar-refractivity contribution >= 4 is 43.7 Å². The Balaban J connectivity index is 1.95. The molecule has 1 unspecified atom stereocenters. The highest BCUT2D eigenvalue weighted by Crippen LogP contribution is 2.45. The van der Waals surface area contributed by atoms with Gasteiger partial charge in [0.25, 0.3) is 0 Å². The van der Waals surface area contributed by atoms with Crippen LogP contribution in [0.5, 0.6) is 5.75 Å². The third kappa shape index (κ3) is 3.54. The molecule has 4 aromatic rings. The van der Waals surface area contributed by atoms with Gasteiger partial charge in [0.2, 0.25) is 0 Å². The van der Waals surface area contributed by atoms with Crippen molar-refractivity contribution in [3.8, 4) is 27.6 Å². The predicted molar refractivity (Wildman–Crippen MR) is 114 cm³/mol. The van der Waals surface area contributed by atoms with Crippen LogP contribution >= 0.6 is 22.7 Å². The molecule has 27 heavy (non-hydrogen) atoms. The molecule has 3 heterocycles. The molecule has 0 amide bonds. The maximum Gasteiger partial charge on any atom is 0.152 e. The summed E-state index contributed by atoms with van der Waals surface area (Å²) in [7, 11) is -1.22. The molecule has 0 saturated heterocycles. The van der Waals surface area contributed by atoms with Crippen LogP contribution in [0.4, 0.5) is 0 Å². The van der Waals surface area contributed by atoms with E-state index in [9.17, 15) is 9.32 Å². The predicted octanol–water partition coefficient (Wildman–Crippen LogP) is 5.70. The number of aromatic nitrogens is 2. The molecule has 4 rings (SSSR count). The van der Waals surface area contributed by atoms with Crippen LogP contribution in [-0.2, 0) is 10.8 Å². The van der Waals surface area contributed by atoms with E-state index in [4.69, 9.17) is 4.98 Å². The van der Waals surface area contributed by atoms with Gasteiger partial charge in [-0.05, 0) is 23.6 Å². The first kappa shape index (κ1) is 18.3. The van der Waals surface area contributed by atoms with E-state index in [0.717, 1.165) is 34.7 Å². The largest absolute Gasteiger partial charge is 0.505 e. The molecule has 3 aromatic heterocycles. The molecule has 4 nitrogen and oxygen atoms in total. The van der Waals surface area contributed by atoms with Crippen molar-refractivity contribution in [1.29, 1.82) is 0 Å². The minimum absolute atomic E-state index is 0.0986. The molecule has 0 aliphatic heterocycles. The van der Waals surface area contributed by atoms with Gasteiger partial charge < -0.3 is 5.11 Å². The fourth-order valence-corrected chi connectivity index (χ4v) is 6.23. The standard InChI is InChI=1S/C20H18N2O2S3/c1-2-3-11-27(24)20-17(23)16-14(13-7-5-4-6-8-13)12-15(22-19(16)26-20)18-21-9-10-25-18/h4-10,12,23H,2-3,11H2,1H3. The smallest absolute Gasteiger partial charge is 0.152 e. The molecule has 1 N–H and O–H groups in total. The number of pyridine rings is 1. The lowest BCUT2D eigenvalue weighted by molar-refractivity contribution is 0.472. The van der Waals surface area contributed by atoms with Crippen molar-refractivity contribution in [1.82, 2.24) is 9.97 Å². The first-order valence-corrected chi connectivity index (χ1v) is 11.7. The van der Waals surface area contributed by atoms with E-state index in [1.165, 1.54) is 22.7 Å². The quantitative estimate of drug-likeness (QED) is 0.439. The van der Waals surface area contributed by atoms with Gasteiger partial charge >= 0.3 is 0 Å². The lowest BCUT2D eigenvalue weighted by Crippen LogP contribution is -1.95. The molecule has 0 fully saturated rings. The van der Waals surface area contributed by atoms with Gasteiger partial charge in [-0.25, -0.2) is 9.97 Å². The van der Waals surface area contributed by atoms with Gasteiger partial charge in [0.1, 0.15) is 19.7 Å². The van der Waals surface area contributed by atoms with Gasteiger partial charge in [0, 0.05) is 17.3 Å². The number of hydrogen-bond donors (Lipinski definition) is 1. The van der Waals surface area contributed by atoms with Crippen LogP contribution in [0.25, 0.3) is 32.0 Å². The van der Waals surface area contributed by atoms with Crippen molar-refractivity contribution in [3.63, 3.8) is 0 Å². The summed E-state index contributed by atoms with van der Waals surface area (Å²) in [5.41, 5.74) is 2.64. The molecule has 0 bridgehead atoms. The molecule has 7 heteroatoms. The summed E-state index contributed by atoms with van der Waals surface area (Å²) in [6.45, 7) is 2.07. The Morgan fingerprint density at radius 3 is 2.74 bits per heavy atom. The third-order valence-corrected chi connectivity index (χ3v) is 7.97. The van der Waals surface area contributed by atoms with Crippen molar-refractivity contribution in [2.24, 2.45) is 0 Å². The van der Waals surface area contributed by atoms with E-state index in [-0.39, 0.29) is 5.75 Å². The molecule has 0 aliphatic carbocycles. The van der Waals surface area contributed by atoms with E-state index >= 15 is 0 Å². The molecule has 0 spiro atoms. The van der Waals surface area contributed by atoms with Crippen LogP contribution in [0.2, 0.25) is 0 Å². The summed E-state index contributed by atoms with van der Waals surface area (Å²) in [6, 6.07) is 11.9. The number of unbranched alkanes of at least 4 members (excludes halogenated alkanes) is 1. The fourth-order valence-electron chi connectivity index (χ4n) is 2.89. The SMILES string of the molecule is CCCCS(=O)c1sc2nc(-c3nccs3)cc(-c3ccccc3)c2c1O. The Morgan fingerprint density at radius 2 is 2.04 bits per heavy atom. The van der Waals surface area contributed by atoms with Crippen LogP contribution in [0.15, 0.2) is 52.2 Å². The lowest BCUT2D eigenvalue weighted by atomic mass is 10.0. The highest BCUT2D eigenvalue weighted by atomic mass is 32.2. The number of thiazole rings is 1. The molecule has 0 aliphatic rings. The van der Waals surface area contributed by atoms with Crippen LogP contribution in [0.3, 0.4) is 0 Å². The van der Waals surface area contributed by atoms with Crippen LogP contribution in [0.1, 0.15) is 19.8 Å². The molecule has 1 atom stereocenters. The second kappa shape index (κ2) is 7.88. The molecular weight excluding hydrogens is 396 g/mol. The minimum Gasteiger partial charge on any atom is -0.505 e. The Morgan fingerprint density at radius 1 is 1.22 bits per heavy atom. The topological polar surface area (TPSA) is 63.1 Å². The van der Waals surface area contributed by atoms with E-state index < -0.39 is 10.8 Å². The van der Waals surface area contributed by atoms with Crippen LogP contribution in [-0.4, -0.2) is 25.0 Å². The maximum atomic E-state index is 12.7.